The van der Waals surface area contributed by atoms with Gasteiger partial charge in [0.1, 0.15) is 17.0 Å². The molecule has 0 unspecified atom stereocenters. The first-order chi connectivity index (χ1) is 12.4. The van der Waals surface area contributed by atoms with E-state index in [1.165, 1.54) is 60.2 Å². The lowest BCUT2D eigenvalue weighted by molar-refractivity contribution is 0.243. The van der Waals surface area contributed by atoms with E-state index in [9.17, 15) is 0 Å². The molecule has 0 radical (unpaired) electrons. The zero-order valence-electron chi connectivity index (χ0n) is 14.4. The Hall–Kier alpha value is -1.94. The van der Waals surface area contributed by atoms with Gasteiger partial charge < -0.3 is 4.90 Å². The topological polar surface area (TPSA) is 29.0 Å². The van der Waals surface area contributed by atoms with Gasteiger partial charge in [0.25, 0.3) is 0 Å². The Labute approximate surface area is 152 Å². The summed E-state index contributed by atoms with van der Waals surface area (Å²) in [6, 6.07) is 13.6. The molecule has 0 bridgehead atoms. The fourth-order valence-corrected chi connectivity index (χ4v) is 5.70. The van der Waals surface area contributed by atoms with Crippen molar-refractivity contribution in [2.75, 3.05) is 11.4 Å². The van der Waals surface area contributed by atoms with Crippen molar-refractivity contribution in [1.29, 1.82) is 0 Å². The molecule has 2 aliphatic rings. The molecule has 1 saturated carbocycles. The molecule has 3 nitrogen and oxygen atoms in total. The van der Waals surface area contributed by atoms with Gasteiger partial charge in [-0.1, -0.05) is 43.2 Å². The number of hydrogen-bond donors (Lipinski definition) is 0. The van der Waals surface area contributed by atoms with Gasteiger partial charge in [-0.25, -0.2) is 9.97 Å². The Morgan fingerprint density at radius 2 is 1.80 bits per heavy atom. The Bertz CT molecular complexity index is 871. The summed E-state index contributed by atoms with van der Waals surface area (Å²) in [6.45, 7) is 1.14. The highest BCUT2D eigenvalue weighted by atomic mass is 32.1. The summed E-state index contributed by atoms with van der Waals surface area (Å²) in [5.41, 5.74) is 1.27. The van der Waals surface area contributed by atoms with Crippen LogP contribution in [0.5, 0.6) is 0 Å². The fourth-order valence-electron chi connectivity index (χ4n) is 4.70. The van der Waals surface area contributed by atoms with Crippen LogP contribution in [0.15, 0.2) is 42.7 Å². The third kappa shape index (κ3) is 2.73. The molecule has 0 spiro atoms. The molecule has 1 aliphatic carbocycles. The first kappa shape index (κ1) is 15.3. The first-order valence-electron chi connectivity index (χ1n) is 9.47. The number of piperidine rings is 1. The van der Waals surface area contributed by atoms with Crippen LogP contribution in [0.25, 0.3) is 20.7 Å². The van der Waals surface area contributed by atoms with Gasteiger partial charge in [-0.15, -0.1) is 11.3 Å². The summed E-state index contributed by atoms with van der Waals surface area (Å²) >= 11 is 1.78. The first-order valence-corrected chi connectivity index (χ1v) is 10.3. The number of benzene rings is 1. The second-order valence-corrected chi connectivity index (χ2v) is 8.37. The van der Waals surface area contributed by atoms with Crippen molar-refractivity contribution < 1.29 is 0 Å². The van der Waals surface area contributed by atoms with Crippen LogP contribution in [0.4, 0.5) is 5.82 Å². The van der Waals surface area contributed by atoms with Gasteiger partial charge in [0.15, 0.2) is 0 Å². The van der Waals surface area contributed by atoms with Crippen LogP contribution in [0, 0.1) is 5.92 Å². The van der Waals surface area contributed by atoms with Crippen molar-refractivity contribution in [2.45, 2.75) is 44.6 Å². The maximum atomic E-state index is 4.75. The van der Waals surface area contributed by atoms with Crippen molar-refractivity contribution in [2.24, 2.45) is 5.92 Å². The highest BCUT2D eigenvalue weighted by Crippen LogP contribution is 2.41. The third-order valence-corrected chi connectivity index (χ3v) is 6.97. The molecule has 0 N–H and O–H groups in total. The molecule has 0 amide bonds. The van der Waals surface area contributed by atoms with Crippen LogP contribution >= 0.6 is 11.3 Å². The number of nitrogens with zero attached hydrogens (tertiary/aromatic N) is 3. The molecule has 25 heavy (non-hydrogen) atoms. The zero-order chi connectivity index (χ0) is 16.6. The normalized spacial score (nSPS) is 23.6. The lowest BCUT2D eigenvalue weighted by Gasteiger charge is -2.44. The Balaban J connectivity index is 1.58. The van der Waals surface area contributed by atoms with Gasteiger partial charge in [0.05, 0.1) is 5.39 Å². The van der Waals surface area contributed by atoms with Gasteiger partial charge >= 0.3 is 0 Å². The summed E-state index contributed by atoms with van der Waals surface area (Å²) in [5.74, 6) is 2.03. The summed E-state index contributed by atoms with van der Waals surface area (Å²) in [6.07, 6.45) is 9.95. The molecule has 4 heteroatoms. The molecule has 128 valence electrons. The minimum Gasteiger partial charge on any atom is -0.353 e. The lowest BCUT2D eigenvalue weighted by atomic mass is 9.78. The average Bonchev–Trinajstić information content (AvgIpc) is 3.13. The largest absolute Gasteiger partial charge is 0.353 e. The highest BCUT2D eigenvalue weighted by Gasteiger charge is 2.34. The van der Waals surface area contributed by atoms with Crippen molar-refractivity contribution in [3.63, 3.8) is 0 Å². The lowest BCUT2D eigenvalue weighted by Crippen LogP contribution is -2.47. The van der Waals surface area contributed by atoms with Gasteiger partial charge in [-0.3, -0.25) is 0 Å². The number of fused-ring (bicyclic) bond motifs is 2. The Kier molecular flexibility index (Phi) is 3.93. The molecular formula is C21H23N3S. The van der Waals surface area contributed by atoms with Gasteiger partial charge in [0.2, 0.25) is 0 Å². The van der Waals surface area contributed by atoms with Crippen LogP contribution in [0.1, 0.15) is 38.5 Å². The summed E-state index contributed by atoms with van der Waals surface area (Å²) in [4.78, 5) is 14.3. The predicted octanol–water partition coefficient (Wildman–Crippen LogP) is 5.52. The van der Waals surface area contributed by atoms with E-state index in [0.29, 0.717) is 6.04 Å². The third-order valence-electron chi connectivity index (χ3n) is 5.88. The molecule has 1 saturated heterocycles. The maximum Gasteiger partial charge on any atom is 0.141 e. The van der Waals surface area contributed by atoms with Crippen molar-refractivity contribution in [3.05, 3.63) is 42.7 Å². The second kappa shape index (κ2) is 6.41. The standard InChI is InChI=1S/C21H23N3S/c1-2-8-16(9-3-1)19-13-17-20(22-14-23-21(17)25-19)24-12-6-10-15-7-4-5-11-18(15)24/h1-3,8-9,13-15,18H,4-7,10-12H2/t15-,18+/m0/s1. The molecule has 5 rings (SSSR count). The smallest absolute Gasteiger partial charge is 0.141 e. The highest BCUT2D eigenvalue weighted by molar-refractivity contribution is 7.21. The number of hydrogen-bond acceptors (Lipinski definition) is 4. The van der Waals surface area contributed by atoms with E-state index < -0.39 is 0 Å². The number of aromatic nitrogens is 2. The quantitative estimate of drug-likeness (QED) is 0.610. The molecule has 1 aromatic carbocycles. The van der Waals surface area contributed by atoms with Gasteiger partial charge in [0, 0.05) is 17.5 Å². The minimum atomic E-state index is 0.681. The summed E-state index contributed by atoms with van der Waals surface area (Å²) < 4.78 is 0. The van der Waals surface area contributed by atoms with E-state index in [1.807, 2.05) is 0 Å². The monoisotopic (exact) mass is 349 g/mol. The van der Waals surface area contributed by atoms with E-state index in [4.69, 9.17) is 4.98 Å². The van der Waals surface area contributed by atoms with Crippen LogP contribution in [0.3, 0.4) is 0 Å². The summed E-state index contributed by atoms with van der Waals surface area (Å²) in [7, 11) is 0. The van der Waals surface area contributed by atoms with E-state index in [0.717, 1.165) is 17.3 Å². The zero-order valence-corrected chi connectivity index (χ0v) is 15.2. The SMILES string of the molecule is c1ccc(-c2cc3c(N4CCC[C@@H]5CCCC[C@H]54)ncnc3s2)cc1. The second-order valence-electron chi connectivity index (χ2n) is 7.34. The van der Waals surface area contributed by atoms with Crippen LogP contribution < -0.4 is 4.90 Å². The molecule has 2 fully saturated rings. The van der Waals surface area contributed by atoms with Crippen LogP contribution in [-0.4, -0.2) is 22.6 Å². The van der Waals surface area contributed by atoms with Crippen molar-refractivity contribution >= 4 is 27.4 Å². The fraction of sp³-hybridized carbons (Fsp3) is 0.429. The Morgan fingerprint density at radius 3 is 2.72 bits per heavy atom. The van der Waals surface area contributed by atoms with Crippen molar-refractivity contribution in [3.8, 4) is 10.4 Å². The minimum absolute atomic E-state index is 0.681. The molecule has 1 aliphatic heterocycles. The number of rotatable bonds is 2. The molecule has 2 atom stereocenters. The predicted molar refractivity (Wildman–Crippen MR) is 105 cm³/mol. The van der Waals surface area contributed by atoms with E-state index in [1.54, 1.807) is 17.7 Å². The van der Waals surface area contributed by atoms with Gasteiger partial charge in [-0.05, 0) is 43.2 Å². The van der Waals surface area contributed by atoms with E-state index in [2.05, 4.69) is 46.3 Å². The average molecular weight is 350 g/mol. The number of anilines is 1. The molecule has 3 aromatic rings. The molecular weight excluding hydrogens is 326 g/mol. The summed E-state index contributed by atoms with van der Waals surface area (Å²) in [5, 5.41) is 1.23. The van der Waals surface area contributed by atoms with Crippen LogP contribution in [0.2, 0.25) is 0 Å². The number of thiophene rings is 1. The van der Waals surface area contributed by atoms with Gasteiger partial charge in [-0.2, -0.15) is 0 Å². The maximum absolute atomic E-state index is 4.75. The van der Waals surface area contributed by atoms with Crippen LogP contribution in [-0.2, 0) is 0 Å². The van der Waals surface area contributed by atoms with Crippen molar-refractivity contribution in [1.82, 2.24) is 9.97 Å². The van der Waals surface area contributed by atoms with E-state index >= 15 is 0 Å². The molecule has 3 heterocycles. The Morgan fingerprint density at radius 1 is 0.960 bits per heavy atom. The van der Waals surface area contributed by atoms with E-state index in [-0.39, 0.29) is 0 Å². The molecule has 2 aromatic heterocycles.